The summed E-state index contributed by atoms with van der Waals surface area (Å²) in [6.07, 6.45) is 4.03. The topological polar surface area (TPSA) is 57.7 Å². The minimum atomic E-state index is -4.04. The molecule has 0 N–H and O–H groups in total. The van der Waals surface area contributed by atoms with Gasteiger partial charge in [-0.25, -0.2) is 0 Å². The van der Waals surface area contributed by atoms with E-state index in [4.69, 9.17) is 0 Å². The number of rotatable bonds is 4. The summed E-state index contributed by atoms with van der Waals surface area (Å²) in [6, 6.07) is 23.8. The van der Waals surface area contributed by atoms with Crippen molar-refractivity contribution >= 4 is 22.0 Å². The Labute approximate surface area is 182 Å². The third-order valence-electron chi connectivity index (χ3n) is 5.95. The van der Waals surface area contributed by atoms with Crippen LogP contribution in [0.4, 0.5) is 0 Å². The lowest BCUT2D eigenvalue weighted by atomic mass is 9.85. The zero-order valence-corrected chi connectivity index (χ0v) is 17.9. The van der Waals surface area contributed by atoms with Crippen molar-refractivity contribution in [3.8, 4) is 0 Å². The van der Waals surface area contributed by atoms with Gasteiger partial charge in [-0.15, -0.1) is 4.41 Å². The highest BCUT2D eigenvalue weighted by atomic mass is 32.2. The first-order chi connectivity index (χ1) is 15.0. The van der Waals surface area contributed by atoms with Crippen LogP contribution in [0.25, 0.3) is 6.08 Å². The van der Waals surface area contributed by atoms with Gasteiger partial charge >= 0.3 is 0 Å². The van der Waals surface area contributed by atoms with Gasteiger partial charge in [-0.3, -0.25) is 9.80 Å². The van der Waals surface area contributed by atoms with Gasteiger partial charge in [-0.2, -0.15) is 8.42 Å². The molecule has 0 unspecified atom stereocenters. The molecule has 2 atom stereocenters. The van der Waals surface area contributed by atoms with E-state index in [0.29, 0.717) is 6.42 Å². The van der Waals surface area contributed by atoms with Gasteiger partial charge in [0, 0.05) is 6.20 Å². The van der Waals surface area contributed by atoms with Crippen molar-refractivity contribution in [3.63, 3.8) is 0 Å². The maximum absolute atomic E-state index is 13.6. The molecule has 0 aromatic heterocycles. The number of fused-ring (bicyclic) bond motifs is 3. The second-order valence-electron chi connectivity index (χ2n) is 7.97. The van der Waals surface area contributed by atoms with Gasteiger partial charge in [0.05, 0.1) is 16.9 Å². The van der Waals surface area contributed by atoms with Gasteiger partial charge in [0.1, 0.15) is 0 Å². The quantitative estimate of drug-likeness (QED) is 0.618. The van der Waals surface area contributed by atoms with E-state index in [-0.39, 0.29) is 10.9 Å². The van der Waals surface area contributed by atoms with Gasteiger partial charge in [0.2, 0.25) is 0 Å². The fourth-order valence-corrected chi connectivity index (χ4v) is 5.87. The van der Waals surface area contributed by atoms with E-state index < -0.39 is 21.8 Å². The van der Waals surface area contributed by atoms with Crippen LogP contribution in [0, 0.1) is 12.8 Å². The Hall–Kier alpha value is -3.38. The molecule has 0 spiro atoms. The highest BCUT2D eigenvalue weighted by molar-refractivity contribution is 7.89. The van der Waals surface area contributed by atoms with E-state index in [9.17, 15) is 13.2 Å². The molecule has 31 heavy (non-hydrogen) atoms. The highest BCUT2D eigenvalue weighted by Crippen LogP contribution is 2.46. The van der Waals surface area contributed by atoms with Crippen molar-refractivity contribution in [3.05, 3.63) is 107 Å². The van der Waals surface area contributed by atoms with Crippen LogP contribution in [0.2, 0.25) is 0 Å². The molecule has 1 amide bonds. The summed E-state index contributed by atoms with van der Waals surface area (Å²) in [6.45, 7) is 1.90. The Morgan fingerprint density at radius 1 is 0.871 bits per heavy atom. The van der Waals surface area contributed by atoms with Gasteiger partial charge < -0.3 is 0 Å². The summed E-state index contributed by atoms with van der Waals surface area (Å²) in [5.74, 6) is -0.926. The lowest BCUT2D eigenvalue weighted by Crippen LogP contribution is -2.42. The monoisotopic (exact) mass is 430 g/mol. The molecular formula is C25H22N2O3S. The minimum absolute atomic E-state index is 0.109. The zero-order chi connectivity index (χ0) is 21.6. The third-order valence-corrected chi connectivity index (χ3v) is 7.64. The van der Waals surface area contributed by atoms with Crippen LogP contribution in [-0.4, -0.2) is 23.7 Å². The zero-order valence-electron chi connectivity index (χ0n) is 17.0. The van der Waals surface area contributed by atoms with Crippen molar-refractivity contribution in [1.29, 1.82) is 0 Å². The summed E-state index contributed by atoms with van der Waals surface area (Å²) < 4.78 is 28.1. The number of hydrazine groups is 1. The van der Waals surface area contributed by atoms with Crippen molar-refractivity contribution in [2.24, 2.45) is 5.92 Å². The number of hydrogen-bond acceptors (Lipinski definition) is 4. The Morgan fingerprint density at radius 2 is 1.55 bits per heavy atom. The molecule has 5 nitrogen and oxygen atoms in total. The van der Waals surface area contributed by atoms with E-state index in [1.54, 1.807) is 35.5 Å². The predicted molar refractivity (Wildman–Crippen MR) is 119 cm³/mol. The fraction of sp³-hybridized carbons (Fsp3) is 0.160. The van der Waals surface area contributed by atoms with Crippen LogP contribution < -0.4 is 0 Å². The normalized spacial score (nSPS) is 20.0. The SMILES string of the molecule is Cc1ccc(S(=O)(=O)N2C(=O)[C@@H](Cc3ccccc3)[C@H]3c4ccccc4C=CN32)cc1. The van der Waals surface area contributed by atoms with Gasteiger partial charge in [-0.1, -0.05) is 72.3 Å². The molecule has 3 aromatic rings. The Morgan fingerprint density at radius 3 is 2.29 bits per heavy atom. The summed E-state index contributed by atoms with van der Waals surface area (Å²) in [7, 11) is -4.04. The number of carbonyl (C=O) groups excluding carboxylic acids is 1. The van der Waals surface area contributed by atoms with Crippen LogP contribution in [0.3, 0.4) is 0 Å². The van der Waals surface area contributed by atoms with Crippen LogP contribution in [0.5, 0.6) is 0 Å². The number of nitrogens with zero attached hydrogens (tertiary/aromatic N) is 2. The molecule has 1 saturated heterocycles. The van der Waals surface area contributed by atoms with Crippen LogP contribution in [-0.2, 0) is 21.2 Å². The Bertz CT molecular complexity index is 1270. The molecule has 2 aliphatic heterocycles. The van der Waals surface area contributed by atoms with Gasteiger partial charge in [-0.05, 0) is 48.2 Å². The number of hydrogen-bond donors (Lipinski definition) is 0. The summed E-state index contributed by atoms with van der Waals surface area (Å²) >= 11 is 0. The Kier molecular flexibility index (Phi) is 4.67. The van der Waals surface area contributed by atoms with Crippen LogP contribution in [0.15, 0.2) is 90.0 Å². The maximum Gasteiger partial charge on any atom is 0.284 e. The molecule has 1 fully saturated rings. The first-order valence-corrected chi connectivity index (χ1v) is 11.7. The van der Waals surface area contributed by atoms with E-state index in [1.807, 2.05) is 67.6 Å². The first-order valence-electron chi connectivity index (χ1n) is 10.2. The fourth-order valence-electron chi connectivity index (χ4n) is 4.41. The average molecular weight is 431 g/mol. The first kappa shape index (κ1) is 19.6. The smallest absolute Gasteiger partial charge is 0.271 e. The van der Waals surface area contributed by atoms with Crippen molar-refractivity contribution in [2.75, 3.05) is 0 Å². The van der Waals surface area contributed by atoms with Crippen LogP contribution in [0.1, 0.15) is 28.3 Å². The lowest BCUT2D eigenvalue weighted by Gasteiger charge is -2.34. The molecule has 0 radical (unpaired) electrons. The van der Waals surface area contributed by atoms with E-state index >= 15 is 0 Å². The molecule has 6 heteroatoms. The molecule has 5 rings (SSSR count). The van der Waals surface area contributed by atoms with Crippen LogP contribution >= 0.6 is 0 Å². The predicted octanol–water partition coefficient (Wildman–Crippen LogP) is 4.33. The molecule has 0 saturated carbocycles. The number of sulfonamides is 1. The molecule has 2 heterocycles. The summed E-state index contributed by atoms with van der Waals surface area (Å²) in [5.41, 5.74) is 3.92. The number of amides is 1. The number of carbonyl (C=O) groups is 1. The molecule has 156 valence electrons. The third kappa shape index (κ3) is 3.24. The summed E-state index contributed by atoms with van der Waals surface area (Å²) in [4.78, 5) is 13.8. The van der Waals surface area contributed by atoms with E-state index in [2.05, 4.69) is 0 Å². The molecule has 0 bridgehead atoms. The molecule has 0 aliphatic carbocycles. The van der Waals surface area contributed by atoms with Crippen molar-refractivity contribution in [1.82, 2.24) is 9.42 Å². The second kappa shape index (κ2) is 7.39. The minimum Gasteiger partial charge on any atom is -0.271 e. The standard InChI is InChI=1S/C25H22N2O3S/c1-18-11-13-21(14-12-18)31(29,30)27-25(28)23(17-19-7-3-2-4-8-19)24-22-10-6-5-9-20(22)15-16-26(24)27/h2-16,23-24H,17H2,1H3/t23-,24+/m0/s1. The number of aryl methyl sites for hydroxylation is 1. The highest BCUT2D eigenvalue weighted by Gasteiger charge is 2.52. The second-order valence-corrected chi connectivity index (χ2v) is 9.73. The summed E-state index contributed by atoms with van der Waals surface area (Å²) in [5, 5.41) is 1.59. The van der Waals surface area contributed by atoms with Crippen molar-refractivity contribution in [2.45, 2.75) is 24.3 Å². The van der Waals surface area contributed by atoms with Crippen molar-refractivity contribution < 1.29 is 13.2 Å². The average Bonchev–Trinajstić information content (AvgIpc) is 3.07. The largest absolute Gasteiger partial charge is 0.284 e. The Balaban J connectivity index is 1.62. The van der Waals surface area contributed by atoms with Gasteiger partial charge in [0.15, 0.2) is 0 Å². The molecular weight excluding hydrogens is 408 g/mol. The molecule has 3 aromatic carbocycles. The van der Waals surface area contributed by atoms with E-state index in [0.717, 1.165) is 26.7 Å². The lowest BCUT2D eigenvalue weighted by molar-refractivity contribution is -0.130. The van der Waals surface area contributed by atoms with E-state index in [1.165, 1.54) is 0 Å². The maximum atomic E-state index is 13.6. The van der Waals surface area contributed by atoms with Gasteiger partial charge in [0.25, 0.3) is 15.9 Å². The number of benzene rings is 3. The molecule has 2 aliphatic rings.